The molecule has 4 aromatic heterocycles. The van der Waals surface area contributed by atoms with Crippen LogP contribution in [0.3, 0.4) is 0 Å². The summed E-state index contributed by atoms with van der Waals surface area (Å²) in [5, 5.41) is 10.2. The number of pyridine rings is 2. The molecular weight excluding hydrogens is 470 g/mol. The number of fused-ring (bicyclic) bond motifs is 4. The summed E-state index contributed by atoms with van der Waals surface area (Å²) < 4.78 is 4.29. The van der Waals surface area contributed by atoms with Crippen LogP contribution in [0.4, 0.5) is 0 Å². The zero-order valence-electron chi connectivity index (χ0n) is 21.0. The molecule has 7 heteroatoms. The zero-order chi connectivity index (χ0) is 25.3. The fourth-order valence-electron chi connectivity index (χ4n) is 5.73. The van der Waals surface area contributed by atoms with Gasteiger partial charge in [-0.05, 0) is 48.9 Å². The monoisotopic (exact) mass is 497 g/mol. The number of hydrogen-bond donors (Lipinski definition) is 1. The second kappa shape index (κ2) is 8.07. The van der Waals surface area contributed by atoms with Crippen molar-refractivity contribution in [1.29, 1.82) is 0 Å². The van der Waals surface area contributed by atoms with Gasteiger partial charge in [0.25, 0.3) is 0 Å². The van der Waals surface area contributed by atoms with Crippen molar-refractivity contribution in [2.45, 2.75) is 44.2 Å². The Morgan fingerprint density at radius 2 is 1.68 bits per heavy atom. The van der Waals surface area contributed by atoms with Crippen molar-refractivity contribution in [2.75, 3.05) is 0 Å². The normalized spacial score (nSPS) is 16.1. The SMILES string of the molecule is NC1(c2ccc(-c3nc4ccn5c(-c6cn7c(n6)CCCC7)nnc5c4cc3-c3ccccc3)cc2)CC1. The number of rotatable bonds is 4. The second-order valence-corrected chi connectivity index (χ2v) is 10.6. The molecule has 0 spiro atoms. The summed E-state index contributed by atoms with van der Waals surface area (Å²) in [4.78, 5) is 10.1. The molecule has 6 aromatic rings. The Morgan fingerprint density at radius 3 is 2.47 bits per heavy atom. The van der Waals surface area contributed by atoms with Crippen LogP contribution < -0.4 is 5.73 Å². The average Bonchev–Trinajstić information content (AvgIpc) is 3.37. The Balaban J connectivity index is 1.30. The van der Waals surface area contributed by atoms with Crippen LogP contribution in [0, 0.1) is 0 Å². The fraction of sp³-hybridized carbons (Fsp3) is 0.226. The van der Waals surface area contributed by atoms with Crippen LogP contribution >= 0.6 is 0 Å². The molecule has 0 radical (unpaired) electrons. The van der Waals surface area contributed by atoms with E-state index in [1.54, 1.807) is 0 Å². The van der Waals surface area contributed by atoms with Crippen molar-refractivity contribution in [2.24, 2.45) is 5.73 Å². The predicted molar refractivity (Wildman–Crippen MR) is 148 cm³/mol. The maximum Gasteiger partial charge on any atom is 0.188 e. The Bertz CT molecular complexity index is 1800. The van der Waals surface area contributed by atoms with Crippen molar-refractivity contribution in [3.63, 3.8) is 0 Å². The van der Waals surface area contributed by atoms with Gasteiger partial charge in [0.1, 0.15) is 11.5 Å². The summed E-state index contributed by atoms with van der Waals surface area (Å²) in [7, 11) is 0. The molecule has 1 saturated carbocycles. The highest BCUT2D eigenvalue weighted by molar-refractivity contribution is 5.98. The first-order chi connectivity index (χ1) is 18.7. The average molecular weight is 498 g/mol. The summed E-state index contributed by atoms with van der Waals surface area (Å²) in [6.45, 7) is 1.02. The lowest BCUT2D eigenvalue weighted by molar-refractivity contribution is 0.522. The number of imidazole rings is 1. The van der Waals surface area contributed by atoms with Gasteiger partial charge in [-0.3, -0.25) is 4.40 Å². The van der Waals surface area contributed by atoms with E-state index in [2.05, 4.69) is 81.6 Å². The number of aryl methyl sites for hydroxylation is 2. The molecule has 0 bridgehead atoms. The number of benzene rings is 2. The van der Waals surface area contributed by atoms with Gasteiger partial charge in [-0.25, -0.2) is 9.97 Å². The first-order valence-electron chi connectivity index (χ1n) is 13.4. The molecular formula is C31H27N7. The molecule has 0 amide bonds. The second-order valence-electron chi connectivity index (χ2n) is 10.6. The van der Waals surface area contributed by atoms with Gasteiger partial charge in [0.05, 0.1) is 11.2 Å². The maximum absolute atomic E-state index is 6.44. The van der Waals surface area contributed by atoms with Crippen molar-refractivity contribution in [3.05, 3.63) is 90.5 Å². The number of nitrogens with two attached hydrogens (primary N) is 1. The predicted octanol–water partition coefficient (Wildman–Crippen LogP) is 5.76. The molecule has 0 atom stereocenters. The standard InChI is InChI=1S/C31H27N7/c32-31(14-15-31)22-11-9-21(10-12-22)28-23(20-6-2-1-3-7-20)18-24-25(34-28)13-17-38-29(24)35-36-30(38)26-19-37-16-5-4-8-27(37)33-26/h1-3,6-7,9-13,17-19H,4-5,8,14-16,32H2. The van der Waals surface area contributed by atoms with E-state index in [0.717, 1.165) is 82.1 Å². The summed E-state index contributed by atoms with van der Waals surface area (Å²) in [5.74, 6) is 1.90. The molecule has 5 heterocycles. The first-order valence-corrected chi connectivity index (χ1v) is 13.4. The highest BCUT2D eigenvalue weighted by atomic mass is 15.3. The third-order valence-corrected chi connectivity index (χ3v) is 8.11. The van der Waals surface area contributed by atoms with Crippen molar-refractivity contribution in [1.82, 2.24) is 29.1 Å². The van der Waals surface area contributed by atoms with Gasteiger partial charge >= 0.3 is 0 Å². The van der Waals surface area contributed by atoms with Crippen LogP contribution in [0.25, 0.3) is 50.5 Å². The molecule has 7 nitrogen and oxygen atoms in total. The molecule has 1 fully saturated rings. The maximum atomic E-state index is 6.44. The molecule has 2 aliphatic rings. The highest BCUT2D eigenvalue weighted by Crippen LogP contribution is 2.43. The summed E-state index contributed by atoms with van der Waals surface area (Å²) in [6, 6.07) is 23.3. The summed E-state index contributed by atoms with van der Waals surface area (Å²) >= 11 is 0. The molecule has 8 rings (SSSR count). The van der Waals surface area contributed by atoms with Crippen molar-refractivity contribution in [3.8, 4) is 33.9 Å². The molecule has 0 unspecified atom stereocenters. The lowest BCUT2D eigenvalue weighted by Crippen LogP contribution is -2.18. The summed E-state index contributed by atoms with van der Waals surface area (Å²) in [6.07, 6.45) is 9.62. The van der Waals surface area contributed by atoms with Gasteiger partial charge in [-0.15, -0.1) is 10.2 Å². The molecule has 2 N–H and O–H groups in total. The smallest absolute Gasteiger partial charge is 0.188 e. The molecule has 186 valence electrons. The van der Waals surface area contributed by atoms with Gasteiger partial charge in [-0.1, -0.05) is 54.6 Å². The van der Waals surface area contributed by atoms with Gasteiger partial charge in [-0.2, -0.15) is 0 Å². The molecule has 0 saturated heterocycles. The van der Waals surface area contributed by atoms with Crippen LogP contribution in [0.1, 0.15) is 37.1 Å². The van der Waals surface area contributed by atoms with Gasteiger partial charge in [0.2, 0.25) is 0 Å². The Labute approximate surface area is 220 Å². The van der Waals surface area contributed by atoms with Gasteiger partial charge < -0.3 is 10.3 Å². The molecule has 2 aromatic carbocycles. The largest absolute Gasteiger partial charge is 0.334 e. The van der Waals surface area contributed by atoms with Crippen molar-refractivity contribution < 1.29 is 0 Å². The van der Waals surface area contributed by atoms with Gasteiger partial charge in [0, 0.05) is 47.4 Å². The number of nitrogens with zero attached hydrogens (tertiary/aromatic N) is 6. The Morgan fingerprint density at radius 1 is 0.842 bits per heavy atom. The highest BCUT2D eigenvalue weighted by Gasteiger charge is 2.39. The van der Waals surface area contributed by atoms with E-state index in [0.29, 0.717) is 0 Å². The van der Waals surface area contributed by atoms with Crippen LogP contribution in [0.5, 0.6) is 0 Å². The van der Waals surface area contributed by atoms with Crippen LogP contribution in [-0.4, -0.2) is 29.1 Å². The summed E-state index contributed by atoms with van der Waals surface area (Å²) in [5.41, 5.74) is 14.2. The number of aromatic nitrogens is 6. The quantitative estimate of drug-likeness (QED) is 0.335. The van der Waals surface area contributed by atoms with Crippen LogP contribution in [0.15, 0.2) is 79.1 Å². The van der Waals surface area contributed by atoms with E-state index in [1.165, 1.54) is 18.4 Å². The van der Waals surface area contributed by atoms with E-state index in [9.17, 15) is 0 Å². The topological polar surface area (TPSA) is 86.9 Å². The fourth-order valence-corrected chi connectivity index (χ4v) is 5.73. The van der Waals surface area contributed by atoms with Gasteiger partial charge in [0.15, 0.2) is 11.5 Å². The minimum atomic E-state index is -0.150. The van der Waals surface area contributed by atoms with E-state index in [1.807, 2.05) is 16.7 Å². The zero-order valence-corrected chi connectivity index (χ0v) is 21.0. The Hall–Kier alpha value is -4.36. The van der Waals surface area contributed by atoms with Crippen LogP contribution in [-0.2, 0) is 18.5 Å². The van der Waals surface area contributed by atoms with E-state index in [4.69, 9.17) is 15.7 Å². The number of hydrogen-bond acceptors (Lipinski definition) is 5. The lowest BCUT2D eigenvalue weighted by atomic mass is 9.96. The lowest BCUT2D eigenvalue weighted by Gasteiger charge is -2.14. The minimum absolute atomic E-state index is 0.150. The third-order valence-electron chi connectivity index (χ3n) is 8.11. The van der Waals surface area contributed by atoms with Crippen molar-refractivity contribution >= 4 is 16.6 Å². The molecule has 38 heavy (non-hydrogen) atoms. The molecule has 1 aliphatic carbocycles. The van der Waals surface area contributed by atoms with E-state index in [-0.39, 0.29) is 5.54 Å². The van der Waals surface area contributed by atoms with Crippen LogP contribution in [0.2, 0.25) is 0 Å². The molecule has 1 aliphatic heterocycles. The minimum Gasteiger partial charge on any atom is -0.334 e. The van der Waals surface area contributed by atoms with E-state index < -0.39 is 0 Å². The Kier molecular flexibility index (Phi) is 4.61. The van der Waals surface area contributed by atoms with E-state index >= 15 is 0 Å². The third kappa shape index (κ3) is 3.39. The first kappa shape index (κ1) is 21.7.